The minimum Gasteiger partial charge on any atom is -0.372 e. The van der Waals surface area contributed by atoms with Gasteiger partial charge in [0.15, 0.2) is 0 Å². The van der Waals surface area contributed by atoms with Crippen LogP contribution in [0.15, 0.2) is 30.3 Å². The van der Waals surface area contributed by atoms with Gasteiger partial charge in [-0.15, -0.1) is 0 Å². The molecule has 1 atom stereocenters. The summed E-state index contributed by atoms with van der Waals surface area (Å²) in [4.78, 5) is 14.5. The van der Waals surface area contributed by atoms with E-state index in [9.17, 15) is 0 Å². The van der Waals surface area contributed by atoms with Crippen LogP contribution in [-0.2, 0) is 0 Å². The average Bonchev–Trinajstić information content (AvgIpc) is 2.74. The SMILES string of the molecule is CCC1CCCCN1c1nc(C)cc(Nc2ccc(N3CCCCC3)cc2)n1. The second kappa shape index (κ2) is 8.80. The van der Waals surface area contributed by atoms with E-state index in [4.69, 9.17) is 9.97 Å². The summed E-state index contributed by atoms with van der Waals surface area (Å²) in [6.07, 6.45) is 8.91. The monoisotopic (exact) mass is 379 g/mol. The van der Waals surface area contributed by atoms with Crippen LogP contribution in [0, 0.1) is 6.92 Å². The van der Waals surface area contributed by atoms with Crippen LogP contribution < -0.4 is 15.1 Å². The van der Waals surface area contributed by atoms with Gasteiger partial charge in [0.1, 0.15) is 5.82 Å². The highest BCUT2D eigenvalue weighted by molar-refractivity contribution is 5.62. The maximum absolute atomic E-state index is 4.86. The molecular formula is C23H33N5. The Morgan fingerprint density at radius 2 is 1.71 bits per heavy atom. The standard InChI is InChI=1S/C23H33N5/c1-3-20-9-5-8-16-28(20)23-24-18(2)17-22(26-23)25-19-10-12-21(13-11-19)27-14-6-4-7-15-27/h10-13,17,20H,3-9,14-16H2,1-2H3,(H,24,25,26). The van der Waals surface area contributed by atoms with Crippen LogP contribution in [0.5, 0.6) is 0 Å². The van der Waals surface area contributed by atoms with Gasteiger partial charge in [-0.05, 0) is 76.1 Å². The molecule has 0 spiro atoms. The van der Waals surface area contributed by atoms with E-state index in [-0.39, 0.29) is 0 Å². The normalized spacial score (nSPS) is 20.3. The Hall–Kier alpha value is -2.30. The number of anilines is 4. The zero-order valence-corrected chi connectivity index (χ0v) is 17.3. The minimum atomic E-state index is 0.562. The summed E-state index contributed by atoms with van der Waals surface area (Å²) in [6, 6.07) is 11.4. The van der Waals surface area contributed by atoms with Crippen molar-refractivity contribution in [3.63, 3.8) is 0 Å². The van der Waals surface area contributed by atoms with Gasteiger partial charge >= 0.3 is 0 Å². The average molecular weight is 380 g/mol. The lowest BCUT2D eigenvalue weighted by molar-refractivity contribution is 0.443. The number of hydrogen-bond donors (Lipinski definition) is 1. The highest BCUT2D eigenvalue weighted by Gasteiger charge is 2.23. The third-order valence-corrected chi connectivity index (χ3v) is 6.06. The van der Waals surface area contributed by atoms with Crippen molar-refractivity contribution in [2.24, 2.45) is 0 Å². The van der Waals surface area contributed by atoms with Crippen LogP contribution >= 0.6 is 0 Å². The summed E-state index contributed by atoms with van der Waals surface area (Å²) in [5.41, 5.74) is 3.41. The molecule has 2 aliphatic heterocycles. The molecule has 0 radical (unpaired) electrons. The van der Waals surface area contributed by atoms with Gasteiger partial charge in [0, 0.05) is 48.8 Å². The molecule has 28 heavy (non-hydrogen) atoms. The first-order valence-corrected chi connectivity index (χ1v) is 11.0. The van der Waals surface area contributed by atoms with Crippen molar-refractivity contribution in [3.8, 4) is 0 Å². The fraction of sp³-hybridized carbons (Fsp3) is 0.565. The lowest BCUT2D eigenvalue weighted by Gasteiger charge is -2.35. The molecule has 2 aromatic rings. The number of benzene rings is 1. The third-order valence-electron chi connectivity index (χ3n) is 6.06. The second-order valence-electron chi connectivity index (χ2n) is 8.17. The molecule has 3 heterocycles. The Morgan fingerprint density at radius 1 is 0.964 bits per heavy atom. The lowest BCUT2D eigenvalue weighted by atomic mass is 10.0. The van der Waals surface area contributed by atoms with Gasteiger partial charge in [0.2, 0.25) is 5.95 Å². The molecule has 150 valence electrons. The molecule has 1 N–H and O–H groups in total. The van der Waals surface area contributed by atoms with Crippen molar-refractivity contribution in [2.45, 2.75) is 64.8 Å². The Labute approximate surface area is 169 Å². The maximum Gasteiger partial charge on any atom is 0.227 e. The Morgan fingerprint density at radius 3 is 2.46 bits per heavy atom. The molecule has 5 heteroatoms. The van der Waals surface area contributed by atoms with Crippen LogP contribution in [0.4, 0.5) is 23.1 Å². The van der Waals surface area contributed by atoms with Crippen molar-refractivity contribution < 1.29 is 0 Å². The van der Waals surface area contributed by atoms with Crippen LogP contribution in [0.3, 0.4) is 0 Å². The molecule has 1 aromatic carbocycles. The Bertz CT molecular complexity index is 767. The van der Waals surface area contributed by atoms with E-state index >= 15 is 0 Å². The summed E-state index contributed by atoms with van der Waals surface area (Å²) in [7, 11) is 0. The van der Waals surface area contributed by atoms with Crippen molar-refractivity contribution in [1.82, 2.24) is 9.97 Å². The van der Waals surface area contributed by atoms with Crippen LogP contribution in [0.1, 0.15) is 57.6 Å². The molecule has 2 saturated heterocycles. The quantitative estimate of drug-likeness (QED) is 0.765. The van der Waals surface area contributed by atoms with E-state index in [0.29, 0.717) is 6.04 Å². The van der Waals surface area contributed by atoms with E-state index in [2.05, 4.69) is 53.2 Å². The molecule has 1 unspecified atom stereocenters. The van der Waals surface area contributed by atoms with E-state index < -0.39 is 0 Å². The number of aryl methyl sites for hydroxylation is 1. The zero-order chi connectivity index (χ0) is 19.3. The van der Waals surface area contributed by atoms with Gasteiger partial charge in [0.25, 0.3) is 0 Å². The molecule has 0 bridgehead atoms. The van der Waals surface area contributed by atoms with E-state index in [0.717, 1.165) is 36.1 Å². The van der Waals surface area contributed by atoms with Crippen molar-refractivity contribution in [3.05, 3.63) is 36.0 Å². The van der Waals surface area contributed by atoms with Crippen LogP contribution in [0.25, 0.3) is 0 Å². The lowest BCUT2D eigenvalue weighted by Crippen LogP contribution is -2.40. The fourth-order valence-electron chi connectivity index (χ4n) is 4.49. The first-order chi connectivity index (χ1) is 13.7. The number of nitrogens with one attached hydrogen (secondary N) is 1. The van der Waals surface area contributed by atoms with Gasteiger partial charge in [-0.25, -0.2) is 4.98 Å². The number of aromatic nitrogens is 2. The molecule has 2 fully saturated rings. The van der Waals surface area contributed by atoms with Crippen LogP contribution in [-0.4, -0.2) is 35.6 Å². The smallest absolute Gasteiger partial charge is 0.227 e. The molecule has 4 rings (SSSR count). The number of rotatable bonds is 5. The summed E-state index contributed by atoms with van der Waals surface area (Å²) in [6.45, 7) is 7.74. The van der Waals surface area contributed by atoms with E-state index in [1.807, 2.05) is 6.07 Å². The number of hydrogen-bond acceptors (Lipinski definition) is 5. The van der Waals surface area contributed by atoms with E-state index in [1.54, 1.807) is 0 Å². The fourth-order valence-corrected chi connectivity index (χ4v) is 4.49. The molecule has 0 saturated carbocycles. The highest BCUT2D eigenvalue weighted by Crippen LogP contribution is 2.27. The molecule has 1 aromatic heterocycles. The Kier molecular flexibility index (Phi) is 5.98. The molecule has 0 aliphatic carbocycles. The molecular weight excluding hydrogens is 346 g/mol. The molecule has 0 amide bonds. The zero-order valence-electron chi connectivity index (χ0n) is 17.3. The largest absolute Gasteiger partial charge is 0.372 e. The van der Waals surface area contributed by atoms with E-state index in [1.165, 1.54) is 57.3 Å². The predicted molar refractivity (Wildman–Crippen MR) is 118 cm³/mol. The summed E-state index contributed by atoms with van der Waals surface area (Å²) < 4.78 is 0. The second-order valence-corrected chi connectivity index (χ2v) is 8.17. The number of piperidine rings is 2. The summed E-state index contributed by atoms with van der Waals surface area (Å²) in [5, 5.41) is 3.49. The van der Waals surface area contributed by atoms with Gasteiger partial charge in [0.05, 0.1) is 0 Å². The van der Waals surface area contributed by atoms with Gasteiger partial charge < -0.3 is 15.1 Å². The van der Waals surface area contributed by atoms with Crippen molar-refractivity contribution >= 4 is 23.1 Å². The first-order valence-electron chi connectivity index (χ1n) is 11.0. The van der Waals surface area contributed by atoms with Gasteiger partial charge in [-0.2, -0.15) is 4.98 Å². The van der Waals surface area contributed by atoms with Crippen molar-refractivity contribution in [1.29, 1.82) is 0 Å². The Balaban J connectivity index is 1.49. The minimum absolute atomic E-state index is 0.562. The molecule has 2 aliphatic rings. The predicted octanol–water partition coefficient (Wildman–Crippen LogP) is 5.29. The summed E-state index contributed by atoms with van der Waals surface area (Å²) >= 11 is 0. The topological polar surface area (TPSA) is 44.3 Å². The first kappa shape index (κ1) is 19.0. The van der Waals surface area contributed by atoms with Gasteiger partial charge in [-0.3, -0.25) is 0 Å². The van der Waals surface area contributed by atoms with Crippen LogP contribution in [0.2, 0.25) is 0 Å². The summed E-state index contributed by atoms with van der Waals surface area (Å²) in [5.74, 6) is 1.76. The highest BCUT2D eigenvalue weighted by atomic mass is 15.3. The third kappa shape index (κ3) is 4.40. The number of nitrogens with zero attached hydrogens (tertiary/aromatic N) is 4. The van der Waals surface area contributed by atoms with Gasteiger partial charge in [-0.1, -0.05) is 6.92 Å². The maximum atomic E-state index is 4.86. The molecule has 5 nitrogen and oxygen atoms in total. The van der Waals surface area contributed by atoms with Crippen molar-refractivity contribution in [2.75, 3.05) is 34.8 Å².